The van der Waals surface area contributed by atoms with E-state index in [4.69, 9.17) is 14.2 Å². The van der Waals surface area contributed by atoms with E-state index in [2.05, 4.69) is 42.5 Å². The molecule has 27 heavy (non-hydrogen) atoms. The van der Waals surface area contributed by atoms with Gasteiger partial charge in [-0.3, -0.25) is 0 Å². The van der Waals surface area contributed by atoms with Crippen LogP contribution in [0.4, 0.5) is 0 Å². The van der Waals surface area contributed by atoms with E-state index in [1.54, 1.807) is 7.11 Å². The van der Waals surface area contributed by atoms with E-state index in [1.165, 1.54) is 12.0 Å². The molecule has 3 heteroatoms. The second-order valence-corrected chi connectivity index (χ2v) is 7.20. The SMILES string of the molecule is COc1ccc(/C=C/C2=CC(c3ccccc3)OC3(CCCCC3)O2)cc1. The average Bonchev–Trinajstić information content (AvgIpc) is 2.73. The van der Waals surface area contributed by atoms with Gasteiger partial charge in [0.05, 0.1) is 7.11 Å². The molecule has 0 aromatic heterocycles. The van der Waals surface area contributed by atoms with Crippen molar-refractivity contribution in [2.24, 2.45) is 0 Å². The van der Waals surface area contributed by atoms with E-state index in [0.717, 1.165) is 42.8 Å². The quantitative estimate of drug-likeness (QED) is 0.663. The molecule has 0 N–H and O–H groups in total. The Kier molecular flexibility index (Phi) is 5.30. The highest BCUT2D eigenvalue weighted by molar-refractivity contribution is 5.53. The van der Waals surface area contributed by atoms with Gasteiger partial charge in [0.15, 0.2) is 0 Å². The van der Waals surface area contributed by atoms with Crippen LogP contribution in [0.3, 0.4) is 0 Å². The van der Waals surface area contributed by atoms with Crippen LogP contribution >= 0.6 is 0 Å². The molecule has 0 saturated heterocycles. The summed E-state index contributed by atoms with van der Waals surface area (Å²) in [6, 6.07) is 18.4. The highest BCUT2D eigenvalue weighted by Gasteiger charge is 2.40. The van der Waals surface area contributed by atoms with Crippen LogP contribution in [-0.2, 0) is 9.47 Å². The molecule has 2 aromatic carbocycles. The minimum Gasteiger partial charge on any atom is -0.497 e. The third-order valence-electron chi connectivity index (χ3n) is 5.26. The second-order valence-electron chi connectivity index (χ2n) is 7.20. The Morgan fingerprint density at radius 3 is 2.37 bits per heavy atom. The first-order valence-electron chi connectivity index (χ1n) is 9.72. The lowest BCUT2D eigenvalue weighted by Gasteiger charge is -2.42. The molecule has 0 radical (unpaired) electrons. The summed E-state index contributed by atoms with van der Waals surface area (Å²) in [6.07, 6.45) is 11.6. The summed E-state index contributed by atoms with van der Waals surface area (Å²) < 4.78 is 18.1. The Labute approximate surface area is 161 Å². The molecule has 2 aromatic rings. The fraction of sp³-hybridized carbons (Fsp3) is 0.333. The van der Waals surface area contributed by atoms with Gasteiger partial charge in [-0.15, -0.1) is 0 Å². The third kappa shape index (κ3) is 4.25. The van der Waals surface area contributed by atoms with Gasteiger partial charge in [-0.05, 0) is 48.3 Å². The van der Waals surface area contributed by atoms with Crippen molar-refractivity contribution in [1.82, 2.24) is 0 Å². The van der Waals surface area contributed by atoms with Gasteiger partial charge in [0.1, 0.15) is 17.6 Å². The minimum absolute atomic E-state index is 0.0754. The zero-order chi connectivity index (χ0) is 18.5. The molecule has 1 fully saturated rings. The lowest BCUT2D eigenvalue weighted by molar-refractivity contribution is -0.259. The van der Waals surface area contributed by atoms with Crippen LogP contribution in [0.5, 0.6) is 5.75 Å². The average molecular weight is 362 g/mol. The third-order valence-corrected chi connectivity index (χ3v) is 5.26. The second kappa shape index (κ2) is 8.01. The summed E-state index contributed by atoms with van der Waals surface area (Å²) in [5.41, 5.74) is 2.28. The lowest BCUT2D eigenvalue weighted by atomic mass is 9.92. The van der Waals surface area contributed by atoms with Crippen LogP contribution < -0.4 is 4.74 Å². The summed E-state index contributed by atoms with van der Waals surface area (Å²) in [7, 11) is 1.68. The highest BCUT2D eigenvalue weighted by Crippen LogP contribution is 2.42. The van der Waals surface area contributed by atoms with Crippen LogP contribution in [0.1, 0.15) is 49.3 Å². The summed E-state index contributed by atoms with van der Waals surface area (Å²) >= 11 is 0. The van der Waals surface area contributed by atoms with Crippen molar-refractivity contribution in [1.29, 1.82) is 0 Å². The maximum atomic E-state index is 6.46. The van der Waals surface area contributed by atoms with Gasteiger partial charge in [-0.1, -0.05) is 55.0 Å². The number of hydrogen-bond donors (Lipinski definition) is 0. The van der Waals surface area contributed by atoms with Gasteiger partial charge >= 0.3 is 0 Å². The number of methoxy groups -OCH3 is 1. The Morgan fingerprint density at radius 2 is 1.67 bits per heavy atom. The predicted octanol–water partition coefficient (Wildman–Crippen LogP) is 6.04. The normalized spacial score (nSPS) is 21.7. The zero-order valence-electron chi connectivity index (χ0n) is 15.8. The first-order chi connectivity index (χ1) is 13.3. The molecule has 4 rings (SSSR count). The molecule has 140 valence electrons. The smallest absolute Gasteiger partial charge is 0.211 e. The van der Waals surface area contributed by atoms with Crippen molar-refractivity contribution in [2.45, 2.75) is 44.0 Å². The molecular weight excluding hydrogens is 336 g/mol. The van der Waals surface area contributed by atoms with E-state index < -0.39 is 5.79 Å². The van der Waals surface area contributed by atoms with Gasteiger partial charge in [-0.25, -0.2) is 0 Å². The summed E-state index contributed by atoms with van der Waals surface area (Å²) in [4.78, 5) is 0. The van der Waals surface area contributed by atoms with Crippen molar-refractivity contribution >= 4 is 6.08 Å². The molecule has 1 atom stereocenters. The first-order valence-corrected chi connectivity index (χ1v) is 9.72. The van der Waals surface area contributed by atoms with E-state index in [-0.39, 0.29) is 6.10 Å². The topological polar surface area (TPSA) is 27.7 Å². The monoisotopic (exact) mass is 362 g/mol. The van der Waals surface area contributed by atoms with Gasteiger partial charge < -0.3 is 14.2 Å². The van der Waals surface area contributed by atoms with Gasteiger partial charge in [0.25, 0.3) is 0 Å². The van der Waals surface area contributed by atoms with E-state index in [9.17, 15) is 0 Å². The lowest BCUT2D eigenvalue weighted by Crippen LogP contribution is -2.41. The summed E-state index contributed by atoms with van der Waals surface area (Å²) in [5, 5.41) is 0. The Balaban J connectivity index is 1.60. The molecule has 1 aliphatic heterocycles. The molecule has 1 aliphatic carbocycles. The largest absolute Gasteiger partial charge is 0.497 e. The van der Waals surface area contributed by atoms with Gasteiger partial charge in [-0.2, -0.15) is 0 Å². The Morgan fingerprint density at radius 1 is 0.926 bits per heavy atom. The maximum absolute atomic E-state index is 6.46. The molecule has 0 bridgehead atoms. The standard InChI is InChI=1S/C24H26O3/c1-25-21-13-10-19(11-14-21)12-15-22-18-23(20-8-4-2-5-9-20)27-24(26-22)16-6-3-7-17-24/h2,4-5,8-15,18,23H,3,6-7,16-17H2,1H3/b15-12+. The van der Waals surface area contributed by atoms with Crippen molar-refractivity contribution in [2.75, 3.05) is 7.11 Å². The minimum atomic E-state index is -0.493. The van der Waals surface area contributed by atoms with Crippen molar-refractivity contribution in [3.8, 4) is 5.75 Å². The number of benzene rings is 2. The summed E-state index contributed by atoms with van der Waals surface area (Å²) in [6.45, 7) is 0. The predicted molar refractivity (Wildman–Crippen MR) is 107 cm³/mol. The molecule has 0 amide bonds. The summed E-state index contributed by atoms with van der Waals surface area (Å²) in [5.74, 6) is 1.25. The number of rotatable bonds is 4. The molecular formula is C24H26O3. The fourth-order valence-corrected chi connectivity index (χ4v) is 3.79. The number of ether oxygens (including phenoxy) is 3. The Hall–Kier alpha value is -2.52. The molecule has 1 saturated carbocycles. The van der Waals surface area contributed by atoms with E-state index in [1.807, 2.05) is 30.3 Å². The molecule has 3 nitrogen and oxygen atoms in total. The van der Waals surface area contributed by atoms with Crippen molar-refractivity contribution in [3.63, 3.8) is 0 Å². The van der Waals surface area contributed by atoms with Gasteiger partial charge in [0.2, 0.25) is 5.79 Å². The van der Waals surface area contributed by atoms with Crippen molar-refractivity contribution in [3.05, 3.63) is 83.6 Å². The highest BCUT2D eigenvalue weighted by atomic mass is 16.7. The maximum Gasteiger partial charge on any atom is 0.211 e. The van der Waals surface area contributed by atoms with E-state index >= 15 is 0 Å². The van der Waals surface area contributed by atoms with Crippen LogP contribution in [0.25, 0.3) is 6.08 Å². The number of allylic oxidation sites excluding steroid dienone is 1. The fourth-order valence-electron chi connectivity index (χ4n) is 3.79. The molecule has 1 unspecified atom stereocenters. The van der Waals surface area contributed by atoms with Crippen LogP contribution in [0, 0.1) is 0 Å². The Bertz CT molecular complexity index is 799. The first kappa shape index (κ1) is 17.9. The number of hydrogen-bond acceptors (Lipinski definition) is 3. The van der Waals surface area contributed by atoms with Crippen LogP contribution in [0.2, 0.25) is 0 Å². The van der Waals surface area contributed by atoms with Crippen molar-refractivity contribution < 1.29 is 14.2 Å². The molecule has 1 spiro atoms. The van der Waals surface area contributed by atoms with Crippen LogP contribution in [-0.4, -0.2) is 12.9 Å². The zero-order valence-corrected chi connectivity index (χ0v) is 15.8. The van der Waals surface area contributed by atoms with Crippen LogP contribution in [0.15, 0.2) is 72.5 Å². The van der Waals surface area contributed by atoms with E-state index in [0.29, 0.717) is 0 Å². The molecule has 1 heterocycles. The van der Waals surface area contributed by atoms with Gasteiger partial charge in [0, 0.05) is 12.8 Å². The molecule has 2 aliphatic rings.